The smallest absolute Gasteiger partial charge is 0.243 e. The third-order valence-corrected chi connectivity index (χ3v) is 8.69. The summed E-state index contributed by atoms with van der Waals surface area (Å²) in [5.74, 6) is 0. The van der Waals surface area contributed by atoms with Crippen molar-refractivity contribution in [2.75, 3.05) is 27.2 Å². The van der Waals surface area contributed by atoms with Crippen LogP contribution in [0.15, 0.2) is 59.5 Å². The molecular weight excluding hydrogens is 523 g/mol. The Bertz CT molecular complexity index is 1290. The lowest BCUT2D eigenvalue weighted by molar-refractivity contribution is -0.903. The summed E-state index contributed by atoms with van der Waals surface area (Å²) in [6, 6.07) is 17.4. The van der Waals surface area contributed by atoms with Gasteiger partial charge in [0.1, 0.15) is 6.54 Å². The molecule has 3 aromatic rings. The number of hydrogen-bond donors (Lipinski definition) is 0. The molecule has 0 aliphatic rings. The van der Waals surface area contributed by atoms with E-state index in [1.165, 1.54) is 28.8 Å². The molecule has 0 spiro atoms. The summed E-state index contributed by atoms with van der Waals surface area (Å²) in [6.45, 7) is 10.9. The number of sulfonamides is 1. The summed E-state index contributed by atoms with van der Waals surface area (Å²) in [4.78, 5) is 0.125. The maximum atomic E-state index is 13.7. The van der Waals surface area contributed by atoms with Crippen LogP contribution < -0.4 is 0 Å². The van der Waals surface area contributed by atoms with Crippen LogP contribution in [0.5, 0.6) is 0 Å². The molecule has 0 saturated carbocycles. The number of quaternary nitrogens is 1. The highest BCUT2D eigenvalue weighted by Crippen LogP contribution is 2.27. The zero-order chi connectivity index (χ0) is 27.4. The normalized spacial score (nSPS) is 12.4. The lowest BCUT2D eigenvalue weighted by Gasteiger charge is -2.31. The molecule has 0 N–H and O–H groups in total. The molecule has 7 heteroatoms. The van der Waals surface area contributed by atoms with Crippen molar-refractivity contribution in [1.29, 1.82) is 0 Å². The van der Waals surface area contributed by atoms with Crippen LogP contribution in [0.3, 0.4) is 0 Å². The van der Waals surface area contributed by atoms with Gasteiger partial charge < -0.3 is 4.48 Å². The predicted octanol–water partition coefficient (Wildman–Crippen LogP) is 7.47. The van der Waals surface area contributed by atoms with Gasteiger partial charge in [0.15, 0.2) is 0 Å². The van der Waals surface area contributed by atoms with E-state index < -0.39 is 10.0 Å². The number of nitrogens with zero attached hydrogens (tertiary/aromatic N) is 2. The van der Waals surface area contributed by atoms with Gasteiger partial charge >= 0.3 is 0 Å². The maximum absolute atomic E-state index is 13.7. The highest BCUT2D eigenvalue weighted by molar-refractivity contribution is 7.89. The van der Waals surface area contributed by atoms with Crippen molar-refractivity contribution in [3.05, 3.63) is 98.0 Å². The van der Waals surface area contributed by atoms with Crippen LogP contribution in [0.4, 0.5) is 0 Å². The molecule has 200 valence electrons. The molecule has 0 heterocycles. The van der Waals surface area contributed by atoms with E-state index in [0.29, 0.717) is 23.1 Å². The Hall–Kier alpha value is -1.89. The average Bonchev–Trinajstić information content (AvgIpc) is 2.73. The first-order valence-corrected chi connectivity index (χ1v) is 14.9. The van der Waals surface area contributed by atoms with Gasteiger partial charge in [0, 0.05) is 28.7 Å². The van der Waals surface area contributed by atoms with E-state index in [2.05, 4.69) is 52.2 Å². The molecule has 0 saturated heterocycles. The Morgan fingerprint density at radius 2 is 1.19 bits per heavy atom. The molecule has 0 bridgehead atoms. The highest BCUT2D eigenvalue weighted by Gasteiger charge is 2.26. The van der Waals surface area contributed by atoms with Crippen LogP contribution in [0.25, 0.3) is 0 Å². The quantitative estimate of drug-likeness (QED) is 0.180. The van der Waals surface area contributed by atoms with Crippen molar-refractivity contribution >= 4 is 33.2 Å². The minimum atomic E-state index is -3.78. The highest BCUT2D eigenvalue weighted by atomic mass is 35.5. The largest absolute Gasteiger partial charge is 0.325 e. The monoisotopic (exact) mass is 561 g/mol. The SMILES string of the molecule is Cc1cc(C)cc(CN(CCCC[N+](C)(C)Cc2cc(C)cc(C)c2)S(=O)(=O)c2cc(Cl)cc(Cl)c2)c1. The number of unbranched alkanes of at least 4 members (excludes halogenated alkanes) is 1. The Labute approximate surface area is 233 Å². The van der Waals surface area contributed by atoms with Crippen LogP contribution in [0.1, 0.15) is 46.2 Å². The van der Waals surface area contributed by atoms with Crippen LogP contribution in [-0.2, 0) is 23.1 Å². The standard InChI is InChI=1S/C30H39Cl2N2O2S/c1-22-11-23(2)14-26(13-22)20-33(37(35,36)30-18-28(31)17-29(32)19-30)9-7-8-10-34(5,6)21-27-15-24(3)12-25(4)16-27/h11-19H,7-10,20-21H2,1-6H3/q+1. The van der Waals surface area contributed by atoms with Crippen molar-refractivity contribution in [2.45, 2.75) is 58.5 Å². The fourth-order valence-electron chi connectivity index (χ4n) is 5.04. The minimum Gasteiger partial charge on any atom is -0.325 e. The van der Waals surface area contributed by atoms with E-state index in [1.807, 2.05) is 26.0 Å². The summed E-state index contributed by atoms with van der Waals surface area (Å²) in [5, 5.41) is 0.616. The Morgan fingerprint density at radius 1 is 0.703 bits per heavy atom. The zero-order valence-corrected chi connectivity index (χ0v) is 25.1. The second-order valence-corrected chi connectivity index (χ2v) is 13.8. The molecule has 3 rings (SSSR count). The molecule has 0 amide bonds. The molecule has 0 aliphatic heterocycles. The first-order chi connectivity index (χ1) is 17.2. The van der Waals surface area contributed by atoms with Gasteiger partial charge in [0.05, 0.1) is 25.5 Å². The lowest BCUT2D eigenvalue weighted by Crippen LogP contribution is -2.40. The maximum Gasteiger partial charge on any atom is 0.243 e. The van der Waals surface area contributed by atoms with Crippen LogP contribution in [0, 0.1) is 27.7 Å². The van der Waals surface area contributed by atoms with Crippen LogP contribution >= 0.6 is 23.2 Å². The fraction of sp³-hybridized carbons (Fsp3) is 0.400. The van der Waals surface area contributed by atoms with Gasteiger partial charge in [0.2, 0.25) is 10.0 Å². The van der Waals surface area contributed by atoms with Crippen molar-refractivity contribution in [3.63, 3.8) is 0 Å². The third kappa shape index (κ3) is 8.83. The van der Waals surface area contributed by atoms with Gasteiger partial charge in [-0.1, -0.05) is 81.9 Å². The van der Waals surface area contributed by atoms with Gasteiger partial charge in [-0.2, -0.15) is 4.31 Å². The Balaban J connectivity index is 1.75. The Morgan fingerprint density at radius 3 is 1.70 bits per heavy atom. The van der Waals surface area contributed by atoms with Gasteiger partial charge in [-0.25, -0.2) is 8.42 Å². The molecule has 37 heavy (non-hydrogen) atoms. The number of halogens is 2. The van der Waals surface area contributed by atoms with Crippen molar-refractivity contribution in [1.82, 2.24) is 4.31 Å². The molecule has 0 radical (unpaired) electrons. The second-order valence-electron chi connectivity index (χ2n) is 11.0. The van der Waals surface area contributed by atoms with E-state index in [0.717, 1.165) is 47.1 Å². The third-order valence-electron chi connectivity index (χ3n) is 6.43. The lowest BCUT2D eigenvalue weighted by atomic mass is 10.1. The van der Waals surface area contributed by atoms with E-state index in [1.54, 1.807) is 10.4 Å². The first-order valence-electron chi connectivity index (χ1n) is 12.7. The summed E-state index contributed by atoms with van der Waals surface area (Å²) in [6.07, 6.45) is 1.67. The summed E-state index contributed by atoms with van der Waals surface area (Å²) >= 11 is 12.3. The average molecular weight is 563 g/mol. The van der Waals surface area contributed by atoms with Crippen molar-refractivity contribution in [3.8, 4) is 0 Å². The van der Waals surface area contributed by atoms with Crippen LogP contribution in [0.2, 0.25) is 10.0 Å². The fourth-order valence-corrected chi connectivity index (χ4v) is 7.23. The van der Waals surface area contributed by atoms with E-state index >= 15 is 0 Å². The molecular formula is C30H39Cl2N2O2S+. The molecule has 3 aromatic carbocycles. The van der Waals surface area contributed by atoms with Crippen molar-refractivity contribution < 1.29 is 12.9 Å². The predicted molar refractivity (Wildman–Crippen MR) is 156 cm³/mol. The zero-order valence-electron chi connectivity index (χ0n) is 22.8. The summed E-state index contributed by atoms with van der Waals surface area (Å²) < 4.78 is 29.8. The van der Waals surface area contributed by atoms with Crippen LogP contribution in [-0.4, -0.2) is 44.4 Å². The van der Waals surface area contributed by atoms with E-state index in [4.69, 9.17) is 23.2 Å². The number of aryl methyl sites for hydroxylation is 4. The van der Waals surface area contributed by atoms with Crippen molar-refractivity contribution in [2.24, 2.45) is 0 Å². The van der Waals surface area contributed by atoms with E-state index in [9.17, 15) is 8.42 Å². The second kappa shape index (κ2) is 12.3. The topological polar surface area (TPSA) is 37.4 Å². The van der Waals surface area contributed by atoms with E-state index in [-0.39, 0.29) is 4.90 Å². The van der Waals surface area contributed by atoms with Gasteiger partial charge in [0.25, 0.3) is 0 Å². The molecule has 0 unspecified atom stereocenters. The van der Waals surface area contributed by atoms with Gasteiger partial charge in [-0.05, 0) is 64.3 Å². The molecule has 4 nitrogen and oxygen atoms in total. The number of rotatable bonds is 11. The first kappa shape index (κ1) is 29.7. The number of benzene rings is 3. The number of hydrogen-bond acceptors (Lipinski definition) is 2. The Kier molecular flexibility index (Phi) is 9.87. The molecule has 0 aromatic heterocycles. The van der Waals surface area contributed by atoms with Gasteiger partial charge in [-0.15, -0.1) is 0 Å². The summed E-state index contributed by atoms with van der Waals surface area (Å²) in [7, 11) is 0.679. The molecule has 0 atom stereocenters. The minimum absolute atomic E-state index is 0.125. The molecule has 0 fully saturated rings. The van der Waals surface area contributed by atoms with Gasteiger partial charge in [-0.3, -0.25) is 0 Å². The molecule has 0 aliphatic carbocycles. The summed E-state index contributed by atoms with van der Waals surface area (Å²) in [5.41, 5.74) is 7.10.